The van der Waals surface area contributed by atoms with Crippen molar-refractivity contribution >= 4 is 10.1 Å². The Morgan fingerprint density at radius 1 is 1.25 bits per heavy atom. The molecule has 24 valence electrons. The van der Waals surface area contributed by atoms with Crippen LogP contribution < -0.4 is 0 Å². The summed E-state index contributed by atoms with van der Waals surface area (Å²) in [5, 5.41) is 0. The summed E-state index contributed by atoms with van der Waals surface area (Å²) in [6, 6.07) is 0. The summed E-state index contributed by atoms with van der Waals surface area (Å²) in [5.74, 6) is 0. The van der Waals surface area contributed by atoms with Crippen molar-refractivity contribution in [2.45, 2.75) is 0 Å². The molecule has 0 aliphatic carbocycles. The van der Waals surface area contributed by atoms with Gasteiger partial charge in [-0.05, 0) is 0 Å². The second-order valence-electron chi connectivity index (χ2n) is 0. The van der Waals surface area contributed by atoms with Crippen molar-refractivity contribution in [3.05, 3.63) is 0 Å². The maximum absolute atomic E-state index is 8.28. The standard InChI is InChI=1S/Cr.H2OSi.O/c;1-2;/h;2H2;. The van der Waals surface area contributed by atoms with E-state index in [9.17, 15) is 0 Å². The second-order valence-corrected chi connectivity index (χ2v) is 0. The number of hydrogen-bond donors (Lipinski definition) is 0. The van der Waals surface area contributed by atoms with Crippen molar-refractivity contribution in [2.75, 3.05) is 0 Å². The molecule has 0 fully saturated rings. The van der Waals surface area contributed by atoms with Crippen LogP contribution in [0, 0.1) is 0 Å². The SMILES string of the molecule is O=[SiH2].[O]=[Cr]. The third kappa shape index (κ3) is 35.0. The Morgan fingerprint density at radius 2 is 1.25 bits per heavy atom. The van der Waals surface area contributed by atoms with Gasteiger partial charge < -0.3 is 4.46 Å². The first-order valence-electron chi connectivity index (χ1n) is 0.455. The van der Waals surface area contributed by atoms with E-state index in [2.05, 4.69) is 0 Å². The molecule has 0 atom stereocenters. The van der Waals surface area contributed by atoms with Gasteiger partial charge in [0, 0.05) is 0 Å². The number of rotatable bonds is 0. The van der Waals surface area contributed by atoms with Gasteiger partial charge in [0.1, 0.15) is 0 Å². The van der Waals surface area contributed by atoms with E-state index in [-0.39, 0.29) is 0 Å². The van der Waals surface area contributed by atoms with Gasteiger partial charge in [0.05, 0.1) is 0 Å². The first kappa shape index (κ1) is 8.84. The Balaban J connectivity index is 0. The average molecular weight is 114 g/mol. The van der Waals surface area contributed by atoms with Crippen LogP contribution in [0.2, 0.25) is 0 Å². The first-order valence-corrected chi connectivity index (χ1v) is 1.55. The van der Waals surface area contributed by atoms with Crippen LogP contribution in [0.3, 0.4) is 0 Å². The molecule has 4 heteroatoms. The molecule has 0 rings (SSSR count). The monoisotopic (exact) mass is 114 g/mol. The molecular weight excluding hydrogens is 112 g/mol. The molecule has 0 amide bonds. The van der Waals surface area contributed by atoms with Gasteiger partial charge in [-0.2, -0.15) is 0 Å². The molecular formula is H2CrO2Si. The predicted octanol–water partition coefficient (Wildman–Crippen LogP) is -1.16. The zero-order valence-electron chi connectivity index (χ0n) is 1.93. The third-order valence-electron chi connectivity index (χ3n) is 0. The zero-order valence-corrected chi connectivity index (χ0v) is 4.62. The maximum atomic E-state index is 8.28. The molecule has 0 radical (unpaired) electrons. The topological polar surface area (TPSA) is 34.1 Å². The van der Waals surface area contributed by atoms with Gasteiger partial charge in [-0.25, -0.2) is 0 Å². The van der Waals surface area contributed by atoms with Crippen LogP contribution in [0.15, 0.2) is 0 Å². The van der Waals surface area contributed by atoms with Crippen LogP contribution in [-0.2, 0) is 24.5 Å². The molecule has 0 N–H and O–H groups in total. The minimum absolute atomic E-state index is 0.611. The van der Waals surface area contributed by atoms with Gasteiger partial charge in [-0.1, -0.05) is 0 Å². The Bertz CT molecular complexity index is 8.00. The van der Waals surface area contributed by atoms with Gasteiger partial charge in [0.15, 0.2) is 0 Å². The van der Waals surface area contributed by atoms with Gasteiger partial charge >= 0.3 is 20.0 Å². The fourth-order valence-corrected chi connectivity index (χ4v) is 0. The second kappa shape index (κ2) is 151. The zero-order chi connectivity index (χ0) is 4.00. The van der Waals surface area contributed by atoms with E-state index in [1.54, 1.807) is 0 Å². The van der Waals surface area contributed by atoms with Crippen LogP contribution in [0.5, 0.6) is 0 Å². The summed E-state index contributed by atoms with van der Waals surface area (Å²) < 4.78 is 16.4. The van der Waals surface area contributed by atoms with Crippen LogP contribution in [0.4, 0.5) is 0 Å². The number of hydrogen-bond acceptors (Lipinski definition) is 2. The van der Waals surface area contributed by atoms with Crippen LogP contribution in [0.25, 0.3) is 0 Å². The van der Waals surface area contributed by atoms with Crippen molar-refractivity contribution in [2.24, 2.45) is 0 Å². The molecule has 0 aromatic heterocycles. The van der Waals surface area contributed by atoms with E-state index in [1.807, 2.05) is 0 Å². The van der Waals surface area contributed by atoms with E-state index in [0.717, 1.165) is 0 Å². The first-order chi connectivity index (χ1) is 2.00. The quantitative estimate of drug-likeness (QED) is 0.372. The fraction of sp³-hybridized carbons (Fsp3) is 0. The molecule has 0 saturated heterocycles. The van der Waals surface area contributed by atoms with E-state index in [0.29, 0.717) is 10.1 Å². The Hall–Kier alpha value is 0.349. The average Bonchev–Trinajstić information content (AvgIpc) is 1.50. The summed E-state index contributed by atoms with van der Waals surface area (Å²) in [6.07, 6.45) is 0. The van der Waals surface area contributed by atoms with Crippen LogP contribution in [-0.4, -0.2) is 10.1 Å². The fourth-order valence-electron chi connectivity index (χ4n) is 0. The molecule has 0 aromatic carbocycles. The van der Waals surface area contributed by atoms with Crippen LogP contribution >= 0.6 is 0 Å². The molecule has 0 saturated carbocycles. The predicted molar refractivity (Wildman–Crippen MR) is 9.92 cm³/mol. The summed E-state index contributed by atoms with van der Waals surface area (Å²) in [4.78, 5) is 0. The molecule has 0 aliphatic heterocycles. The van der Waals surface area contributed by atoms with Crippen molar-refractivity contribution in [1.29, 1.82) is 0 Å². The molecule has 0 bridgehead atoms. The van der Waals surface area contributed by atoms with Gasteiger partial charge in [0.2, 0.25) is 10.1 Å². The van der Waals surface area contributed by atoms with E-state index >= 15 is 0 Å². The van der Waals surface area contributed by atoms with Crippen LogP contribution in [0.1, 0.15) is 0 Å². The van der Waals surface area contributed by atoms with Gasteiger partial charge in [-0.15, -0.1) is 0 Å². The summed E-state index contributed by atoms with van der Waals surface area (Å²) >= 11 is 1.38. The van der Waals surface area contributed by atoms with Crippen molar-refractivity contribution in [1.82, 2.24) is 0 Å². The summed E-state index contributed by atoms with van der Waals surface area (Å²) in [6.45, 7) is 0. The Labute approximate surface area is 35.3 Å². The van der Waals surface area contributed by atoms with Crippen molar-refractivity contribution in [3.8, 4) is 0 Å². The molecule has 0 aromatic rings. The molecule has 4 heavy (non-hydrogen) atoms. The summed E-state index contributed by atoms with van der Waals surface area (Å²) in [7, 11) is 0.611. The van der Waals surface area contributed by atoms with E-state index in [4.69, 9.17) is 8.27 Å². The van der Waals surface area contributed by atoms with Gasteiger partial charge in [-0.3, -0.25) is 0 Å². The molecule has 0 spiro atoms. The summed E-state index contributed by atoms with van der Waals surface area (Å²) in [5.41, 5.74) is 0. The van der Waals surface area contributed by atoms with Crippen molar-refractivity contribution < 1.29 is 24.5 Å². The third-order valence-corrected chi connectivity index (χ3v) is 0. The van der Waals surface area contributed by atoms with E-state index in [1.165, 1.54) is 16.2 Å². The Morgan fingerprint density at radius 3 is 1.25 bits per heavy atom. The molecule has 0 unspecified atom stereocenters. The van der Waals surface area contributed by atoms with Gasteiger partial charge in [0.25, 0.3) is 0 Å². The normalized spacial score (nSPS) is 2.00. The molecule has 2 nitrogen and oxygen atoms in total. The molecule has 0 heterocycles. The van der Waals surface area contributed by atoms with Crippen molar-refractivity contribution in [3.63, 3.8) is 0 Å². The minimum atomic E-state index is 0.611. The molecule has 0 aliphatic rings. The Kier molecular flexibility index (Phi) is 335. The van der Waals surface area contributed by atoms with E-state index < -0.39 is 0 Å².